The Hall–Kier alpha value is -0.380. The zero-order valence-corrected chi connectivity index (χ0v) is 8.29. The lowest BCUT2D eigenvalue weighted by atomic mass is 10.1. The Morgan fingerprint density at radius 3 is 2.42 bits per heavy atom. The Morgan fingerprint density at radius 1 is 1.33 bits per heavy atom. The van der Waals surface area contributed by atoms with Gasteiger partial charge in [0.15, 0.2) is 0 Å². The summed E-state index contributed by atoms with van der Waals surface area (Å²) in [6.07, 6.45) is 0.613. The summed E-state index contributed by atoms with van der Waals surface area (Å²) in [4.78, 5) is 0. The van der Waals surface area contributed by atoms with Crippen LogP contribution in [0, 0.1) is 0 Å². The molecule has 66 valence electrons. The molecule has 0 amide bonds. The molecule has 0 aliphatic heterocycles. The van der Waals surface area contributed by atoms with Gasteiger partial charge in [-0.25, -0.2) is 0 Å². The van der Waals surface area contributed by atoms with Crippen LogP contribution in [-0.4, -0.2) is 11.7 Å². The van der Waals surface area contributed by atoms with Crippen molar-refractivity contribution < 1.29 is 5.11 Å². The number of halogens is 1. The first-order valence-corrected chi connectivity index (χ1v) is 4.65. The molecule has 0 aromatic heterocycles. The molecular weight excluding hydrogens is 218 g/mol. The van der Waals surface area contributed by atoms with Gasteiger partial charge in [0.2, 0.25) is 0 Å². The fraction of sp³-hybridized carbons (Fsp3) is 0.333. The van der Waals surface area contributed by atoms with Crippen LogP contribution in [-0.2, 0) is 0 Å². The smallest absolute Gasteiger partial charge is 0.0449 e. The zero-order valence-electron chi connectivity index (χ0n) is 6.70. The minimum atomic E-state index is -0.0527. The predicted molar refractivity (Wildman–Crippen MR) is 52.8 cm³/mol. The molecule has 2 nitrogen and oxygen atoms in total. The van der Waals surface area contributed by atoms with E-state index in [4.69, 9.17) is 10.8 Å². The molecule has 0 radical (unpaired) electrons. The number of aliphatic hydroxyl groups excluding tert-OH is 1. The summed E-state index contributed by atoms with van der Waals surface area (Å²) in [5.41, 5.74) is 6.84. The van der Waals surface area contributed by atoms with Crippen molar-refractivity contribution >= 4 is 15.9 Å². The molecule has 0 saturated carbocycles. The van der Waals surface area contributed by atoms with Crippen molar-refractivity contribution in [3.8, 4) is 0 Å². The van der Waals surface area contributed by atoms with Gasteiger partial charge in [-0.2, -0.15) is 0 Å². The number of nitrogens with two attached hydrogens (primary N) is 1. The van der Waals surface area contributed by atoms with Crippen LogP contribution in [0.25, 0.3) is 0 Å². The second-order valence-corrected chi connectivity index (χ2v) is 3.59. The van der Waals surface area contributed by atoms with Crippen LogP contribution in [0.1, 0.15) is 18.0 Å². The Morgan fingerprint density at radius 2 is 1.92 bits per heavy atom. The Labute approximate surface area is 80.5 Å². The quantitative estimate of drug-likeness (QED) is 0.832. The molecule has 1 aromatic carbocycles. The fourth-order valence-electron chi connectivity index (χ4n) is 1.02. The molecular formula is C9H12BrNO. The number of hydrogen-bond donors (Lipinski definition) is 2. The zero-order chi connectivity index (χ0) is 8.97. The lowest BCUT2D eigenvalue weighted by Crippen LogP contribution is -2.11. The summed E-state index contributed by atoms with van der Waals surface area (Å²) in [6, 6.07) is 7.77. The average molecular weight is 230 g/mol. The number of hydrogen-bond acceptors (Lipinski definition) is 2. The number of benzene rings is 1. The second kappa shape index (κ2) is 4.60. The van der Waals surface area contributed by atoms with Gasteiger partial charge < -0.3 is 10.8 Å². The van der Waals surface area contributed by atoms with Gasteiger partial charge >= 0.3 is 0 Å². The Balaban J connectivity index is 2.68. The van der Waals surface area contributed by atoms with Crippen LogP contribution in [0.3, 0.4) is 0 Å². The molecule has 0 aliphatic carbocycles. The van der Waals surface area contributed by atoms with Crippen molar-refractivity contribution in [3.63, 3.8) is 0 Å². The molecule has 0 aliphatic rings. The molecule has 3 N–H and O–H groups in total. The monoisotopic (exact) mass is 229 g/mol. The SMILES string of the molecule is N[C@H](CCO)c1ccc(Br)cc1. The van der Waals surface area contributed by atoms with Gasteiger partial charge in [-0.3, -0.25) is 0 Å². The molecule has 12 heavy (non-hydrogen) atoms. The van der Waals surface area contributed by atoms with Crippen LogP contribution in [0.5, 0.6) is 0 Å². The Bertz CT molecular complexity index is 235. The molecule has 0 heterocycles. The van der Waals surface area contributed by atoms with Gasteiger partial charge in [-0.15, -0.1) is 0 Å². The molecule has 0 spiro atoms. The summed E-state index contributed by atoms with van der Waals surface area (Å²) in [7, 11) is 0. The highest BCUT2D eigenvalue weighted by molar-refractivity contribution is 9.10. The normalized spacial score (nSPS) is 12.9. The molecule has 1 rings (SSSR count). The summed E-state index contributed by atoms with van der Waals surface area (Å²) < 4.78 is 1.04. The standard InChI is InChI=1S/C9H12BrNO/c10-8-3-1-7(2-4-8)9(11)5-6-12/h1-4,9,12H,5-6,11H2/t9-/m1/s1. The molecule has 0 saturated heterocycles. The van der Waals surface area contributed by atoms with Gasteiger partial charge in [0, 0.05) is 17.1 Å². The summed E-state index contributed by atoms with van der Waals surface area (Å²) in [6.45, 7) is 0.136. The van der Waals surface area contributed by atoms with E-state index in [1.165, 1.54) is 0 Å². The van der Waals surface area contributed by atoms with E-state index in [1.54, 1.807) is 0 Å². The first-order chi connectivity index (χ1) is 5.74. The fourth-order valence-corrected chi connectivity index (χ4v) is 1.28. The molecule has 0 bridgehead atoms. The molecule has 1 atom stereocenters. The maximum absolute atomic E-state index is 8.66. The van der Waals surface area contributed by atoms with E-state index in [2.05, 4.69) is 15.9 Å². The van der Waals surface area contributed by atoms with Crippen molar-refractivity contribution in [2.24, 2.45) is 5.73 Å². The van der Waals surface area contributed by atoms with Crippen molar-refractivity contribution in [2.45, 2.75) is 12.5 Å². The van der Waals surface area contributed by atoms with Gasteiger partial charge in [-0.05, 0) is 24.1 Å². The topological polar surface area (TPSA) is 46.2 Å². The maximum atomic E-state index is 8.66. The van der Waals surface area contributed by atoms with Crippen LogP contribution >= 0.6 is 15.9 Å². The van der Waals surface area contributed by atoms with E-state index in [1.807, 2.05) is 24.3 Å². The predicted octanol–water partition coefficient (Wildman–Crippen LogP) is 1.83. The lowest BCUT2D eigenvalue weighted by Gasteiger charge is -2.09. The summed E-state index contributed by atoms with van der Waals surface area (Å²) in [5.74, 6) is 0. The first-order valence-electron chi connectivity index (χ1n) is 3.86. The van der Waals surface area contributed by atoms with E-state index >= 15 is 0 Å². The Kier molecular flexibility index (Phi) is 3.72. The van der Waals surface area contributed by atoms with E-state index < -0.39 is 0 Å². The average Bonchev–Trinajstić information content (AvgIpc) is 2.06. The molecule has 3 heteroatoms. The van der Waals surface area contributed by atoms with Crippen molar-refractivity contribution in [2.75, 3.05) is 6.61 Å². The van der Waals surface area contributed by atoms with E-state index in [9.17, 15) is 0 Å². The minimum Gasteiger partial charge on any atom is -0.396 e. The van der Waals surface area contributed by atoms with Gasteiger partial charge in [-0.1, -0.05) is 28.1 Å². The third kappa shape index (κ3) is 2.59. The second-order valence-electron chi connectivity index (χ2n) is 2.67. The van der Waals surface area contributed by atoms with Gasteiger partial charge in [0.05, 0.1) is 0 Å². The highest BCUT2D eigenvalue weighted by atomic mass is 79.9. The molecule has 1 aromatic rings. The minimum absolute atomic E-state index is 0.0527. The maximum Gasteiger partial charge on any atom is 0.0449 e. The summed E-state index contributed by atoms with van der Waals surface area (Å²) in [5, 5.41) is 8.66. The molecule has 0 unspecified atom stereocenters. The number of rotatable bonds is 3. The van der Waals surface area contributed by atoms with Crippen molar-refractivity contribution in [1.29, 1.82) is 0 Å². The summed E-state index contributed by atoms with van der Waals surface area (Å²) >= 11 is 3.34. The van der Waals surface area contributed by atoms with Gasteiger partial charge in [0.25, 0.3) is 0 Å². The van der Waals surface area contributed by atoms with Crippen molar-refractivity contribution in [1.82, 2.24) is 0 Å². The highest BCUT2D eigenvalue weighted by Gasteiger charge is 2.03. The van der Waals surface area contributed by atoms with E-state index in [-0.39, 0.29) is 12.6 Å². The van der Waals surface area contributed by atoms with Crippen LogP contribution in [0.15, 0.2) is 28.7 Å². The van der Waals surface area contributed by atoms with E-state index in [0.717, 1.165) is 10.0 Å². The van der Waals surface area contributed by atoms with Crippen molar-refractivity contribution in [3.05, 3.63) is 34.3 Å². The van der Waals surface area contributed by atoms with Crippen LogP contribution in [0.4, 0.5) is 0 Å². The third-order valence-corrected chi connectivity index (χ3v) is 2.27. The van der Waals surface area contributed by atoms with Crippen LogP contribution in [0.2, 0.25) is 0 Å². The third-order valence-electron chi connectivity index (χ3n) is 1.74. The van der Waals surface area contributed by atoms with E-state index in [0.29, 0.717) is 6.42 Å². The number of aliphatic hydroxyl groups is 1. The molecule has 0 fully saturated rings. The van der Waals surface area contributed by atoms with Crippen LogP contribution < -0.4 is 5.73 Å². The largest absolute Gasteiger partial charge is 0.396 e. The highest BCUT2D eigenvalue weighted by Crippen LogP contribution is 2.16. The lowest BCUT2D eigenvalue weighted by molar-refractivity contribution is 0.276. The first kappa shape index (κ1) is 9.71. The van der Waals surface area contributed by atoms with Gasteiger partial charge in [0.1, 0.15) is 0 Å².